The minimum Gasteiger partial charge on any atom is -0.361 e. The standard InChI is InChI=1S/C24H28FN5O2/c1-2-26-24(27-8-7-16-13-29-19-12-17(25)5-6-18(16)19)28-9-10-30-22(31)20-14-3-4-15(11-14)21(20)23(30)32/h3-6,12-15,20-21,29H,2,7-11H2,1H3,(H2,26,27,28). The predicted molar refractivity (Wildman–Crippen MR) is 120 cm³/mol. The SMILES string of the molecule is CCNC(=NCCc1c[nH]c2cc(F)ccc12)NCCN1C(=O)C2C3C=CC(C3)C2C1=O. The van der Waals surface area contributed by atoms with Crippen LogP contribution in [0, 0.1) is 29.5 Å². The molecule has 1 aromatic heterocycles. The Morgan fingerprint density at radius 3 is 2.66 bits per heavy atom. The smallest absolute Gasteiger partial charge is 0.233 e. The lowest BCUT2D eigenvalue weighted by Gasteiger charge is -2.18. The van der Waals surface area contributed by atoms with Crippen LogP contribution in [0.3, 0.4) is 0 Å². The van der Waals surface area contributed by atoms with Gasteiger partial charge in [-0.25, -0.2) is 4.39 Å². The zero-order valence-corrected chi connectivity index (χ0v) is 18.1. The molecule has 0 radical (unpaired) electrons. The minimum atomic E-state index is -0.259. The van der Waals surface area contributed by atoms with Crippen LogP contribution in [0.1, 0.15) is 18.9 Å². The predicted octanol–water partition coefficient (Wildman–Crippen LogP) is 2.21. The van der Waals surface area contributed by atoms with Gasteiger partial charge in [-0.2, -0.15) is 0 Å². The number of guanidine groups is 1. The third kappa shape index (κ3) is 3.57. The monoisotopic (exact) mass is 437 g/mol. The quantitative estimate of drug-likeness (QED) is 0.268. The zero-order chi connectivity index (χ0) is 22.2. The third-order valence-corrected chi connectivity index (χ3v) is 6.91. The van der Waals surface area contributed by atoms with Gasteiger partial charge in [-0.1, -0.05) is 12.2 Å². The molecule has 8 heteroatoms. The Labute approximate surface area is 186 Å². The van der Waals surface area contributed by atoms with E-state index in [0.29, 0.717) is 38.6 Å². The van der Waals surface area contributed by atoms with E-state index in [1.165, 1.54) is 17.0 Å². The Hall–Kier alpha value is -3.16. The summed E-state index contributed by atoms with van der Waals surface area (Å²) in [6, 6.07) is 4.74. The molecule has 4 unspecified atom stereocenters. The number of rotatable bonds is 7. The van der Waals surface area contributed by atoms with Crippen molar-refractivity contribution in [2.75, 3.05) is 26.2 Å². The number of H-pyrrole nitrogens is 1. The Bertz CT molecular complexity index is 1080. The Morgan fingerprint density at radius 1 is 1.19 bits per heavy atom. The molecule has 4 atom stereocenters. The van der Waals surface area contributed by atoms with Crippen molar-refractivity contribution in [3.8, 4) is 0 Å². The summed E-state index contributed by atoms with van der Waals surface area (Å²) in [7, 11) is 0. The first-order chi connectivity index (χ1) is 15.6. The van der Waals surface area contributed by atoms with Crippen LogP contribution >= 0.6 is 0 Å². The molecule has 2 aromatic rings. The summed E-state index contributed by atoms with van der Waals surface area (Å²) in [6.07, 6.45) is 7.77. The van der Waals surface area contributed by atoms with Crippen molar-refractivity contribution in [2.24, 2.45) is 28.7 Å². The summed E-state index contributed by atoms with van der Waals surface area (Å²) < 4.78 is 13.4. The number of fused-ring (bicyclic) bond motifs is 6. The molecule has 32 heavy (non-hydrogen) atoms. The molecule has 1 saturated heterocycles. The summed E-state index contributed by atoms with van der Waals surface area (Å²) in [4.78, 5) is 34.7. The fourth-order valence-corrected chi connectivity index (χ4v) is 5.47. The Kier molecular flexibility index (Phi) is 5.45. The largest absolute Gasteiger partial charge is 0.361 e. The molecule has 3 N–H and O–H groups in total. The molecule has 2 bridgehead atoms. The number of halogens is 1. The van der Waals surface area contributed by atoms with Gasteiger partial charge in [0.2, 0.25) is 11.8 Å². The number of allylic oxidation sites excluding steroid dienone is 2. The van der Waals surface area contributed by atoms with E-state index in [0.717, 1.165) is 22.9 Å². The van der Waals surface area contributed by atoms with E-state index in [-0.39, 0.29) is 41.3 Å². The van der Waals surface area contributed by atoms with E-state index in [2.05, 4.69) is 32.8 Å². The first-order valence-corrected chi connectivity index (χ1v) is 11.4. The van der Waals surface area contributed by atoms with Gasteiger partial charge in [0.05, 0.1) is 11.8 Å². The van der Waals surface area contributed by atoms with Crippen LogP contribution in [0.5, 0.6) is 0 Å². The molecule has 2 amide bonds. The first-order valence-electron chi connectivity index (χ1n) is 11.4. The molecule has 2 aliphatic carbocycles. The van der Waals surface area contributed by atoms with Gasteiger partial charge in [0, 0.05) is 43.3 Å². The van der Waals surface area contributed by atoms with Crippen LogP contribution in [0.25, 0.3) is 10.9 Å². The van der Waals surface area contributed by atoms with Crippen LogP contribution < -0.4 is 10.6 Å². The molecule has 3 aliphatic rings. The second kappa shape index (κ2) is 8.41. The van der Waals surface area contributed by atoms with E-state index in [1.54, 1.807) is 6.07 Å². The van der Waals surface area contributed by atoms with Crippen molar-refractivity contribution < 1.29 is 14.0 Å². The maximum Gasteiger partial charge on any atom is 0.233 e. The number of nitrogens with zero attached hydrogens (tertiary/aromatic N) is 2. The Morgan fingerprint density at radius 2 is 1.94 bits per heavy atom. The molecule has 1 aromatic carbocycles. The number of carbonyl (C=O) groups is 2. The van der Waals surface area contributed by atoms with E-state index in [9.17, 15) is 14.0 Å². The molecule has 1 saturated carbocycles. The topological polar surface area (TPSA) is 89.6 Å². The second-order valence-corrected chi connectivity index (χ2v) is 8.77. The van der Waals surface area contributed by atoms with E-state index in [1.807, 2.05) is 13.1 Å². The van der Waals surface area contributed by atoms with Crippen molar-refractivity contribution in [1.29, 1.82) is 0 Å². The molecular weight excluding hydrogens is 409 g/mol. The number of aromatic nitrogens is 1. The van der Waals surface area contributed by atoms with Gasteiger partial charge >= 0.3 is 0 Å². The number of aromatic amines is 1. The molecular formula is C24H28FN5O2. The maximum atomic E-state index is 13.4. The van der Waals surface area contributed by atoms with Gasteiger partial charge in [-0.3, -0.25) is 19.5 Å². The molecule has 168 valence electrons. The van der Waals surface area contributed by atoms with Crippen molar-refractivity contribution in [1.82, 2.24) is 20.5 Å². The average Bonchev–Trinajstić information content (AvgIpc) is 3.54. The normalized spacial score (nSPS) is 26.4. The van der Waals surface area contributed by atoms with Crippen molar-refractivity contribution in [2.45, 2.75) is 19.8 Å². The number of hydrogen-bond donors (Lipinski definition) is 3. The van der Waals surface area contributed by atoms with Crippen molar-refractivity contribution in [3.63, 3.8) is 0 Å². The number of hydrogen-bond acceptors (Lipinski definition) is 3. The summed E-state index contributed by atoms with van der Waals surface area (Å²) in [6.45, 7) is 4.06. The summed E-state index contributed by atoms with van der Waals surface area (Å²) in [5.41, 5.74) is 1.87. The highest BCUT2D eigenvalue weighted by atomic mass is 19.1. The lowest BCUT2D eigenvalue weighted by Crippen LogP contribution is -2.43. The van der Waals surface area contributed by atoms with Gasteiger partial charge in [0.15, 0.2) is 5.96 Å². The lowest BCUT2D eigenvalue weighted by molar-refractivity contribution is -0.140. The van der Waals surface area contributed by atoms with Crippen LogP contribution in [-0.2, 0) is 16.0 Å². The summed E-state index contributed by atoms with van der Waals surface area (Å²) in [5, 5.41) is 7.44. The molecule has 2 heterocycles. The maximum absolute atomic E-state index is 13.4. The molecule has 2 fully saturated rings. The van der Waals surface area contributed by atoms with Gasteiger partial charge < -0.3 is 15.6 Å². The van der Waals surface area contributed by atoms with Crippen molar-refractivity contribution in [3.05, 3.63) is 47.9 Å². The highest BCUT2D eigenvalue weighted by molar-refractivity contribution is 6.06. The number of benzene rings is 1. The number of imide groups is 1. The summed E-state index contributed by atoms with van der Waals surface area (Å²) in [5.74, 6) is 0.531. The van der Waals surface area contributed by atoms with Gasteiger partial charge in [-0.05, 0) is 55.4 Å². The highest BCUT2D eigenvalue weighted by Gasteiger charge is 2.58. The first kappa shape index (κ1) is 20.7. The highest BCUT2D eigenvalue weighted by Crippen LogP contribution is 2.52. The Balaban J connectivity index is 1.16. The fraction of sp³-hybridized carbons (Fsp3) is 0.458. The third-order valence-electron chi connectivity index (χ3n) is 6.91. The van der Waals surface area contributed by atoms with Crippen LogP contribution in [-0.4, -0.2) is 53.8 Å². The number of nitrogens with one attached hydrogen (secondary N) is 3. The van der Waals surface area contributed by atoms with E-state index >= 15 is 0 Å². The van der Waals surface area contributed by atoms with Crippen LogP contribution in [0.4, 0.5) is 4.39 Å². The van der Waals surface area contributed by atoms with Gasteiger partial charge in [0.25, 0.3) is 0 Å². The van der Waals surface area contributed by atoms with Gasteiger partial charge in [0.1, 0.15) is 5.82 Å². The minimum absolute atomic E-state index is 0.0173. The van der Waals surface area contributed by atoms with E-state index in [4.69, 9.17) is 0 Å². The average molecular weight is 438 g/mol. The van der Waals surface area contributed by atoms with E-state index < -0.39 is 0 Å². The van der Waals surface area contributed by atoms with Crippen LogP contribution in [0.15, 0.2) is 41.5 Å². The lowest BCUT2D eigenvalue weighted by atomic mass is 9.85. The van der Waals surface area contributed by atoms with Gasteiger partial charge in [-0.15, -0.1) is 0 Å². The zero-order valence-electron chi connectivity index (χ0n) is 18.1. The molecule has 7 nitrogen and oxygen atoms in total. The molecule has 5 rings (SSSR count). The summed E-state index contributed by atoms with van der Waals surface area (Å²) >= 11 is 0. The van der Waals surface area contributed by atoms with Crippen LogP contribution in [0.2, 0.25) is 0 Å². The number of aliphatic imine (C=N–C) groups is 1. The second-order valence-electron chi connectivity index (χ2n) is 8.77. The number of likely N-dealkylation sites (tertiary alicyclic amines) is 1. The van der Waals surface area contributed by atoms with Crippen molar-refractivity contribution >= 4 is 28.7 Å². The molecule has 1 aliphatic heterocycles. The number of amides is 2. The fourth-order valence-electron chi connectivity index (χ4n) is 5.47. The molecule has 0 spiro atoms. The number of carbonyl (C=O) groups excluding carboxylic acids is 2.